The number of nitrogens with one attached hydrogen (secondary N) is 1. The Morgan fingerprint density at radius 1 is 1.13 bits per heavy atom. The monoisotopic (exact) mass is 422 g/mol. The first kappa shape index (κ1) is 30.3. The van der Waals surface area contributed by atoms with Crippen molar-refractivity contribution in [2.75, 3.05) is 0 Å². The number of carbonyl (C=O) groups is 1. The summed E-state index contributed by atoms with van der Waals surface area (Å²) in [7, 11) is 0. The number of unbranched alkanes of at least 4 members (excludes halogenated alkanes) is 1. The van der Waals surface area contributed by atoms with Crippen molar-refractivity contribution in [2.45, 2.75) is 80.6 Å². The van der Waals surface area contributed by atoms with E-state index in [1.807, 2.05) is 77.1 Å². The highest BCUT2D eigenvalue weighted by Gasteiger charge is 2.09. The Morgan fingerprint density at radius 3 is 2.10 bits per heavy atom. The molecule has 0 saturated carbocycles. The van der Waals surface area contributed by atoms with Gasteiger partial charge < -0.3 is 10.5 Å². The summed E-state index contributed by atoms with van der Waals surface area (Å²) in [5.74, 6) is 2.78. The summed E-state index contributed by atoms with van der Waals surface area (Å²) in [6.07, 6.45) is 15.6. The molecule has 31 heavy (non-hydrogen) atoms. The molecule has 0 bridgehead atoms. The molecule has 170 valence electrons. The van der Waals surface area contributed by atoms with Crippen molar-refractivity contribution in [2.24, 2.45) is 5.73 Å². The van der Waals surface area contributed by atoms with Crippen molar-refractivity contribution < 1.29 is 4.79 Å². The molecule has 1 rings (SSSR count). The van der Waals surface area contributed by atoms with Crippen LogP contribution in [0.25, 0.3) is 0 Å². The Labute approximate surface area is 191 Å². The molecular formula is C28H42N2O. The number of rotatable bonds is 9. The van der Waals surface area contributed by atoms with Gasteiger partial charge in [-0.2, -0.15) is 0 Å². The van der Waals surface area contributed by atoms with Gasteiger partial charge in [0.2, 0.25) is 0 Å². The Balaban J connectivity index is 0. The van der Waals surface area contributed by atoms with E-state index in [0.29, 0.717) is 12.1 Å². The van der Waals surface area contributed by atoms with Crippen LogP contribution in [0.1, 0.15) is 85.3 Å². The van der Waals surface area contributed by atoms with E-state index in [0.717, 1.165) is 53.7 Å². The number of allylic oxidation sites excluding steroid dienone is 6. The first-order valence-corrected chi connectivity index (χ1v) is 11.2. The average Bonchev–Trinajstić information content (AvgIpc) is 2.78. The van der Waals surface area contributed by atoms with Gasteiger partial charge in [-0.3, -0.25) is 5.41 Å². The van der Waals surface area contributed by atoms with Crippen LogP contribution >= 0.6 is 0 Å². The third kappa shape index (κ3) is 13.9. The minimum atomic E-state index is 0.223. The summed E-state index contributed by atoms with van der Waals surface area (Å²) in [5, 5.41) is 8.16. The molecule has 1 aromatic rings. The molecule has 0 aliphatic heterocycles. The van der Waals surface area contributed by atoms with Gasteiger partial charge in [-0.25, -0.2) is 0 Å². The topological polar surface area (TPSA) is 66.9 Å². The van der Waals surface area contributed by atoms with Crippen molar-refractivity contribution in [3.63, 3.8) is 0 Å². The molecule has 3 nitrogen and oxygen atoms in total. The number of ketones is 1. The molecule has 3 heteroatoms. The fraction of sp³-hybridized carbons (Fsp3) is 0.429. The SMILES string of the molecule is C#Cc1ccc(CCC(C)=O)cc1.C/C=C\C(=C/C)C(=N)/C(CCCC)=C(/C)N.CC. The molecule has 0 fully saturated rings. The molecule has 0 radical (unpaired) electrons. The van der Waals surface area contributed by atoms with Crippen molar-refractivity contribution in [3.8, 4) is 12.3 Å². The predicted molar refractivity (Wildman–Crippen MR) is 137 cm³/mol. The Kier molecular flexibility index (Phi) is 18.7. The van der Waals surface area contributed by atoms with Crippen LogP contribution < -0.4 is 5.73 Å². The van der Waals surface area contributed by atoms with E-state index in [9.17, 15) is 4.79 Å². The van der Waals surface area contributed by atoms with Gasteiger partial charge in [-0.15, -0.1) is 6.42 Å². The number of aryl methyl sites for hydroxylation is 1. The first-order chi connectivity index (χ1) is 14.8. The van der Waals surface area contributed by atoms with Gasteiger partial charge in [0.05, 0.1) is 5.71 Å². The van der Waals surface area contributed by atoms with Crippen molar-refractivity contribution in [1.82, 2.24) is 0 Å². The lowest BCUT2D eigenvalue weighted by Gasteiger charge is -2.11. The highest BCUT2D eigenvalue weighted by atomic mass is 16.1. The van der Waals surface area contributed by atoms with Crippen LogP contribution in [0.3, 0.4) is 0 Å². The highest BCUT2D eigenvalue weighted by Crippen LogP contribution is 2.17. The van der Waals surface area contributed by atoms with E-state index in [4.69, 9.17) is 17.6 Å². The number of hydrogen-bond acceptors (Lipinski definition) is 3. The summed E-state index contributed by atoms with van der Waals surface area (Å²) in [5.41, 5.74) is 11.1. The van der Waals surface area contributed by atoms with Crippen LogP contribution in [-0.4, -0.2) is 11.5 Å². The van der Waals surface area contributed by atoms with E-state index < -0.39 is 0 Å². The summed E-state index contributed by atoms with van der Waals surface area (Å²) >= 11 is 0. The fourth-order valence-electron chi connectivity index (χ4n) is 2.64. The van der Waals surface area contributed by atoms with Gasteiger partial charge in [0.25, 0.3) is 0 Å². The predicted octanol–water partition coefficient (Wildman–Crippen LogP) is 7.17. The second-order valence-electron chi connectivity index (χ2n) is 6.93. The lowest BCUT2D eigenvalue weighted by atomic mass is 9.96. The van der Waals surface area contributed by atoms with Gasteiger partial charge in [-0.05, 0) is 75.8 Å². The fourth-order valence-corrected chi connectivity index (χ4v) is 2.64. The molecule has 1 aromatic carbocycles. The van der Waals surface area contributed by atoms with Crippen LogP contribution in [0, 0.1) is 17.8 Å². The quantitative estimate of drug-likeness (QED) is 0.252. The molecule has 0 spiro atoms. The molecule has 0 amide bonds. The van der Waals surface area contributed by atoms with E-state index in [2.05, 4.69) is 12.8 Å². The van der Waals surface area contributed by atoms with Crippen LogP contribution in [0.5, 0.6) is 0 Å². The molecule has 3 N–H and O–H groups in total. The molecular weight excluding hydrogens is 380 g/mol. The average molecular weight is 423 g/mol. The number of benzene rings is 1. The Bertz CT molecular complexity index is 783. The van der Waals surface area contributed by atoms with Crippen molar-refractivity contribution in [3.05, 3.63) is 70.5 Å². The van der Waals surface area contributed by atoms with Crippen LogP contribution in [-0.2, 0) is 11.2 Å². The third-order valence-corrected chi connectivity index (χ3v) is 4.39. The molecule has 0 saturated heterocycles. The van der Waals surface area contributed by atoms with Crippen molar-refractivity contribution in [1.29, 1.82) is 5.41 Å². The zero-order valence-electron chi connectivity index (χ0n) is 20.6. The normalized spacial score (nSPS) is 11.4. The number of nitrogens with two attached hydrogens (primary N) is 1. The number of Topliss-reactive ketones (excluding diaryl/α,β-unsaturated/α-hetero) is 1. The molecule has 0 unspecified atom stereocenters. The molecule has 0 atom stereocenters. The summed E-state index contributed by atoms with van der Waals surface area (Å²) in [4.78, 5) is 10.7. The van der Waals surface area contributed by atoms with Gasteiger partial charge in [0.1, 0.15) is 5.78 Å². The lowest BCUT2D eigenvalue weighted by Crippen LogP contribution is -2.10. The summed E-state index contributed by atoms with van der Waals surface area (Å²) in [6.45, 7) is 13.5. The van der Waals surface area contributed by atoms with Crippen LogP contribution in [0.15, 0.2) is 59.3 Å². The zero-order valence-corrected chi connectivity index (χ0v) is 20.6. The van der Waals surface area contributed by atoms with E-state index in [1.165, 1.54) is 0 Å². The Morgan fingerprint density at radius 2 is 1.71 bits per heavy atom. The first-order valence-electron chi connectivity index (χ1n) is 11.2. The second kappa shape index (κ2) is 19.1. The van der Waals surface area contributed by atoms with Crippen LogP contribution in [0.4, 0.5) is 0 Å². The zero-order chi connectivity index (χ0) is 24.2. The number of terminal acetylenes is 1. The maximum absolute atomic E-state index is 10.7. The van der Waals surface area contributed by atoms with E-state index >= 15 is 0 Å². The maximum Gasteiger partial charge on any atom is 0.130 e. The summed E-state index contributed by atoms with van der Waals surface area (Å²) < 4.78 is 0. The van der Waals surface area contributed by atoms with Gasteiger partial charge >= 0.3 is 0 Å². The minimum Gasteiger partial charge on any atom is -0.402 e. The largest absolute Gasteiger partial charge is 0.402 e. The smallest absolute Gasteiger partial charge is 0.130 e. The molecule has 0 heterocycles. The third-order valence-electron chi connectivity index (χ3n) is 4.39. The number of carbonyl (C=O) groups excluding carboxylic acids is 1. The van der Waals surface area contributed by atoms with Gasteiger partial charge in [-0.1, -0.05) is 63.5 Å². The highest BCUT2D eigenvalue weighted by molar-refractivity contribution is 6.12. The van der Waals surface area contributed by atoms with E-state index in [1.54, 1.807) is 6.92 Å². The molecule has 0 aliphatic carbocycles. The van der Waals surface area contributed by atoms with Gasteiger partial charge in [0, 0.05) is 17.7 Å². The molecule has 0 aliphatic rings. The van der Waals surface area contributed by atoms with Gasteiger partial charge in [0.15, 0.2) is 0 Å². The second-order valence-corrected chi connectivity index (χ2v) is 6.93. The van der Waals surface area contributed by atoms with Crippen LogP contribution in [0.2, 0.25) is 0 Å². The molecule has 0 aromatic heterocycles. The van der Waals surface area contributed by atoms with E-state index in [-0.39, 0.29) is 5.78 Å². The lowest BCUT2D eigenvalue weighted by molar-refractivity contribution is -0.116. The standard InChI is InChI=1S/C14H24N2.C12H12O.C2H6/c1-5-8-10-13(11(4)15)14(16)12(7-3)9-6-2;1-3-11-6-8-12(9-7-11)5-4-10(2)13;1-2/h6-7,9,16H,5,8,10,15H2,1-4H3;1,6-9H,4-5H2,2H3;1-2H3/b9-6-,12-7+,13-11-,16-14?;;. The Hall–Kier alpha value is -2.86. The number of hydrogen-bond donors (Lipinski definition) is 2. The van der Waals surface area contributed by atoms with Crippen molar-refractivity contribution >= 4 is 11.5 Å². The maximum atomic E-state index is 10.7. The minimum absolute atomic E-state index is 0.223. The summed E-state index contributed by atoms with van der Waals surface area (Å²) in [6, 6.07) is 7.74.